The fraction of sp³-hybridized carbons (Fsp3) is 0.188. The minimum absolute atomic E-state index is 0.0412. The summed E-state index contributed by atoms with van der Waals surface area (Å²) in [5.41, 5.74) is -2.82. The number of carbonyl (C=O) groups excluding carboxylic acids is 1. The minimum atomic E-state index is -4.93. The van der Waals surface area contributed by atoms with Crippen molar-refractivity contribution < 1.29 is 32.0 Å². The summed E-state index contributed by atoms with van der Waals surface area (Å²) in [6.07, 6.45) is -6.22. The molecule has 1 amide bonds. The lowest BCUT2D eigenvalue weighted by Crippen LogP contribution is -2.31. The van der Waals surface area contributed by atoms with E-state index in [-0.39, 0.29) is 10.8 Å². The number of ether oxygens (including phenoxy) is 1. The Labute approximate surface area is 154 Å². The smallest absolute Gasteiger partial charge is 0.418 e. The molecule has 2 rings (SSSR count). The van der Waals surface area contributed by atoms with E-state index >= 15 is 0 Å². The van der Waals surface area contributed by atoms with Crippen molar-refractivity contribution in [2.45, 2.75) is 19.2 Å². The fourth-order valence-corrected chi connectivity index (χ4v) is 2.25. The standard InChI is InChI=1S/C16H11ClF4N2O4/c1-8(27-14-5-2-9(18)6-12(14)17)15(24)22-13-4-3-10(23(25)26)7-11(13)16(19,20)21/h2-8H,1H3,(H,22,24)/t8-/m1/s1. The molecule has 2 aromatic carbocycles. The zero-order valence-corrected chi connectivity index (χ0v) is 14.3. The van der Waals surface area contributed by atoms with E-state index in [1.54, 1.807) is 0 Å². The third-order valence-corrected chi connectivity index (χ3v) is 3.64. The topological polar surface area (TPSA) is 81.5 Å². The molecule has 1 atom stereocenters. The van der Waals surface area contributed by atoms with Crippen LogP contribution in [0.1, 0.15) is 12.5 Å². The maximum Gasteiger partial charge on any atom is 0.418 e. The molecule has 0 radical (unpaired) electrons. The van der Waals surface area contributed by atoms with Crippen LogP contribution in [-0.4, -0.2) is 16.9 Å². The first kappa shape index (κ1) is 20.4. The second-order valence-electron chi connectivity index (χ2n) is 5.31. The molecule has 0 unspecified atom stereocenters. The molecule has 0 aliphatic heterocycles. The van der Waals surface area contributed by atoms with Gasteiger partial charge in [0.25, 0.3) is 11.6 Å². The number of nitro groups is 1. The molecule has 144 valence electrons. The molecule has 0 fully saturated rings. The van der Waals surface area contributed by atoms with Gasteiger partial charge in [0.05, 0.1) is 21.2 Å². The Hall–Kier alpha value is -2.88. The Morgan fingerprint density at radius 3 is 2.48 bits per heavy atom. The number of alkyl halides is 3. The van der Waals surface area contributed by atoms with Crippen LogP contribution < -0.4 is 10.1 Å². The molecular formula is C16H11ClF4N2O4. The van der Waals surface area contributed by atoms with Crippen molar-refractivity contribution in [2.24, 2.45) is 0 Å². The van der Waals surface area contributed by atoms with Crippen molar-refractivity contribution in [3.8, 4) is 5.75 Å². The number of nitrogens with one attached hydrogen (secondary N) is 1. The first-order valence-electron chi connectivity index (χ1n) is 7.27. The lowest BCUT2D eigenvalue weighted by Gasteiger charge is -2.18. The molecule has 0 aliphatic rings. The van der Waals surface area contributed by atoms with Gasteiger partial charge in [-0.3, -0.25) is 14.9 Å². The third-order valence-electron chi connectivity index (χ3n) is 3.34. The van der Waals surface area contributed by atoms with E-state index in [1.165, 1.54) is 6.92 Å². The monoisotopic (exact) mass is 406 g/mol. The molecular weight excluding hydrogens is 396 g/mol. The Morgan fingerprint density at radius 1 is 1.26 bits per heavy atom. The Bertz CT molecular complexity index is 889. The SMILES string of the molecule is C[C@@H](Oc1ccc(F)cc1Cl)C(=O)Nc1ccc([N+](=O)[O-])cc1C(F)(F)F. The quantitative estimate of drug-likeness (QED) is 0.439. The van der Waals surface area contributed by atoms with Crippen molar-refractivity contribution in [1.29, 1.82) is 0 Å². The van der Waals surface area contributed by atoms with Gasteiger partial charge in [-0.1, -0.05) is 11.6 Å². The molecule has 0 aromatic heterocycles. The number of hydrogen-bond donors (Lipinski definition) is 1. The molecule has 0 aliphatic carbocycles. The fourth-order valence-electron chi connectivity index (χ4n) is 2.04. The Morgan fingerprint density at radius 2 is 1.93 bits per heavy atom. The molecule has 0 saturated carbocycles. The van der Waals surface area contributed by atoms with Gasteiger partial charge in [0.15, 0.2) is 6.10 Å². The number of rotatable bonds is 5. The van der Waals surface area contributed by atoms with Crippen molar-refractivity contribution in [2.75, 3.05) is 5.32 Å². The predicted octanol–water partition coefficient (Wildman–Crippen LogP) is 4.81. The van der Waals surface area contributed by atoms with Crippen LogP contribution in [0, 0.1) is 15.9 Å². The number of amides is 1. The summed E-state index contributed by atoms with van der Waals surface area (Å²) < 4.78 is 57.6. The number of non-ortho nitro benzene ring substituents is 1. The zero-order valence-electron chi connectivity index (χ0n) is 13.5. The normalized spacial score (nSPS) is 12.4. The summed E-state index contributed by atoms with van der Waals surface area (Å²) in [5.74, 6) is -1.64. The lowest BCUT2D eigenvalue weighted by atomic mass is 10.1. The highest BCUT2D eigenvalue weighted by Gasteiger charge is 2.36. The number of nitro benzene ring substituents is 1. The summed E-state index contributed by atoms with van der Waals surface area (Å²) >= 11 is 5.76. The highest BCUT2D eigenvalue weighted by molar-refractivity contribution is 6.32. The van der Waals surface area contributed by atoms with Crippen molar-refractivity contribution in [3.63, 3.8) is 0 Å². The predicted molar refractivity (Wildman–Crippen MR) is 88.2 cm³/mol. The highest BCUT2D eigenvalue weighted by Crippen LogP contribution is 2.37. The number of carbonyl (C=O) groups is 1. The molecule has 0 spiro atoms. The summed E-state index contributed by atoms with van der Waals surface area (Å²) in [6, 6.07) is 5.06. The number of nitrogens with zero attached hydrogens (tertiary/aromatic N) is 1. The summed E-state index contributed by atoms with van der Waals surface area (Å²) in [6.45, 7) is 1.24. The Kier molecular flexibility index (Phi) is 5.89. The first-order valence-corrected chi connectivity index (χ1v) is 7.65. The zero-order chi connectivity index (χ0) is 20.4. The van der Waals surface area contributed by atoms with Crippen LogP contribution in [0.15, 0.2) is 36.4 Å². The average Bonchev–Trinajstić information content (AvgIpc) is 2.56. The van der Waals surface area contributed by atoms with Gasteiger partial charge in [-0.2, -0.15) is 13.2 Å². The number of benzene rings is 2. The van der Waals surface area contributed by atoms with E-state index in [4.69, 9.17) is 16.3 Å². The largest absolute Gasteiger partial charge is 0.479 e. The van der Waals surface area contributed by atoms with Crippen LogP contribution in [0.3, 0.4) is 0 Å². The van der Waals surface area contributed by atoms with E-state index in [0.717, 1.165) is 30.3 Å². The molecule has 2 aromatic rings. The molecule has 11 heteroatoms. The van der Waals surface area contributed by atoms with Crippen LogP contribution in [0.2, 0.25) is 5.02 Å². The van der Waals surface area contributed by atoms with Crippen LogP contribution in [0.4, 0.5) is 28.9 Å². The van der Waals surface area contributed by atoms with Gasteiger partial charge in [0.1, 0.15) is 11.6 Å². The molecule has 6 nitrogen and oxygen atoms in total. The Balaban J connectivity index is 2.22. The van der Waals surface area contributed by atoms with Gasteiger partial charge in [-0.15, -0.1) is 0 Å². The van der Waals surface area contributed by atoms with Gasteiger partial charge in [0.2, 0.25) is 0 Å². The maximum absolute atomic E-state index is 13.1. The van der Waals surface area contributed by atoms with E-state index in [1.807, 2.05) is 5.32 Å². The van der Waals surface area contributed by atoms with Gasteiger partial charge in [-0.05, 0) is 31.2 Å². The number of anilines is 1. The van der Waals surface area contributed by atoms with Crippen LogP contribution in [-0.2, 0) is 11.0 Å². The van der Waals surface area contributed by atoms with Crippen molar-refractivity contribution in [1.82, 2.24) is 0 Å². The average molecular weight is 407 g/mol. The molecule has 1 N–H and O–H groups in total. The van der Waals surface area contributed by atoms with E-state index in [9.17, 15) is 32.5 Å². The van der Waals surface area contributed by atoms with E-state index < -0.39 is 45.9 Å². The van der Waals surface area contributed by atoms with E-state index in [0.29, 0.717) is 6.07 Å². The number of halogens is 5. The third kappa shape index (κ3) is 5.07. The number of hydrogen-bond acceptors (Lipinski definition) is 4. The van der Waals surface area contributed by atoms with Gasteiger partial charge in [0, 0.05) is 12.1 Å². The van der Waals surface area contributed by atoms with Gasteiger partial charge >= 0.3 is 6.18 Å². The highest BCUT2D eigenvalue weighted by atomic mass is 35.5. The van der Waals surface area contributed by atoms with Gasteiger partial charge in [-0.25, -0.2) is 4.39 Å². The van der Waals surface area contributed by atoms with Crippen molar-refractivity contribution >= 4 is 28.9 Å². The summed E-state index contributed by atoms with van der Waals surface area (Å²) in [7, 11) is 0. The summed E-state index contributed by atoms with van der Waals surface area (Å²) in [5, 5.41) is 12.6. The molecule has 0 saturated heterocycles. The summed E-state index contributed by atoms with van der Waals surface area (Å²) in [4.78, 5) is 21.8. The molecule has 27 heavy (non-hydrogen) atoms. The second kappa shape index (κ2) is 7.78. The lowest BCUT2D eigenvalue weighted by molar-refractivity contribution is -0.385. The van der Waals surface area contributed by atoms with Crippen LogP contribution in [0.25, 0.3) is 0 Å². The van der Waals surface area contributed by atoms with Gasteiger partial charge < -0.3 is 10.1 Å². The maximum atomic E-state index is 13.1. The van der Waals surface area contributed by atoms with Crippen LogP contribution >= 0.6 is 11.6 Å². The molecule has 0 bridgehead atoms. The van der Waals surface area contributed by atoms with Crippen LogP contribution in [0.5, 0.6) is 5.75 Å². The minimum Gasteiger partial charge on any atom is -0.479 e. The van der Waals surface area contributed by atoms with E-state index in [2.05, 4.69) is 0 Å². The first-order chi connectivity index (χ1) is 12.5. The van der Waals surface area contributed by atoms with Crippen molar-refractivity contribution in [3.05, 3.63) is 62.9 Å². The second-order valence-corrected chi connectivity index (χ2v) is 5.72. The molecule has 0 heterocycles.